The predicted octanol–water partition coefficient (Wildman–Crippen LogP) is 4.26. The number of carbonyl (C=O) groups is 1. The largest absolute Gasteiger partial charge is 0.494 e. The molecule has 2 nitrogen and oxygen atoms in total. The van der Waals surface area contributed by atoms with Crippen LogP contribution in [0.25, 0.3) is 0 Å². The van der Waals surface area contributed by atoms with Crippen molar-refractivity contribution in [1.29, 1.82) is 0 Å². The van der Waals surface area contributed by atoms with E-state index in [1.54, 1.807) is 0 Å². The molecule has 0 aliphatic carbocycles. The Morgan fingerprint density at radius 2 is 1.71 bits per heavy atom. The minimum atomic E-state index is -0.471. The van der Waals surface area contributed by atoms with E-state index in [4.69, 9.17) is 4.74 Å². The third kappa shape index (κ3) is 3.69. The van der Waals surface area contributed by atoms with Crippen LogP contribution in [0.5, 0.6) is 5.75 Å². The SMILES string of the molecule is COc1cc(C(=O)c2ccc(CC(C)C)cc2)ccc1F. The molecule has 3 heteroatoms. The van der Waals surface area contributed by atoms with Crippen LogP contribution in [-0.2, 0) is 6.42 Å². The molecule has 2 aromatic carbocycles. The van der Waals surface area contributed by atoms with Crippen molar-refractivity contribution in [2.75, 3.05) is 7.11 Å². The second-order valence-electron chi connectivity index (χ2n) is 5.47. The van der Waals surface area contributed by atoms with E-state index in [0.717, 1.165) is 6.42 Å². The van der Waals surface area contributed by atoms with Gasteiger partial charge in [-0.3, -0.25) is 4.79 Å². The van der Waals surface area contributed by atoms with E-state index in [9.17, 15) is 9.18 Å². The number of hydrogen-bond donors (Lipinski definition) is 0. The van der Waals surface area contributed by atoms with Gasteiger partial charge in [-0.15, -0.1) is 0 Å². The monoisotopic (exact) mass is 286 g/mol. The Kier molecular flexibility index (Phi) is 4.73. The minimum absolute atomic E-state index is 0.0808. The van der Waals surface area contributed by atoms with Gasteiger partial charge in [0.1, 0.15) is 0 Å². The molecule has 2 rings (SSSR count). The van der Waals surface area contributed by atoms with Gasteiger partial charge in [-0.05, 0) is 36.1 Å². The minimum Gasteiger partial charge on any atom is -0.494 e. The highest BCUT2D eigenvalue weighted by Gasteiger charge is 2.12. The Morgan fingerprint density at radius 1 is 1.10 bits per heavy atom. The van der Waals surface area contributed by atoms with Gasteiger partial charge >= 0.3 is 0 Å². The third-order valence-electron chi connectivity index (χ3n) is 3.27. The number of carbonyl (C=O) groups excluding carboxylic acids is 1. The summed E-state index contributed by atoms with van der Waals surface area (Å²) in [4.78, 5) is 12.4. The molecule has 0 spiro atoms. The lowest BCUT2D eigenvalue weighted by Gasteiger charge is -2.07. The van der Waals surface area contributed by atoms with E-state index in [2.05, 4.69) is 13.8 Å². The lowest BCUT2D eigenvalue weighted by atomic mass is 9.98. The molecule has 0 aliphatic rings. The van der Waals surface area contributed by atoms with E-state index in [1.165, 1.54) is 30.9 Å². The molecule has 0 fully saturated rings. The third-order valence-corrected chi connectivity index (χ3v) is 3.27. The van der Waals surface area contributed by atoms with Crippen molar-refractivity contribution in [1.82, 2.24) is 0 Å². The summed E-state index contributed by atoms with van der Waals surface area (Å²) in [5.74, 6) is 0.0518. The van der Waals surface area contributed by atoms with Crippen molar-refractivity contribution in [3.05, 3.63) is 65.0 Å². The second kappa shape index (κ2) is 6.53. The fourth-order valence-electron chi connectivity index (χ4n) is 2.23. The van der Waals surface area contributed by atoms with Crippen LogP contribution in [0.2, 0.25) is 0 Å². The summed E-state index contributed by atoms with van der Waals surface area (Å²) >= 11 is 0. The van der Waals surface area contributed by atoms with Crippen LogP contribution in [0.3, 0.4) is 0 Å². The van der Waals surface area contributed by atoms with Crippen LogP contribution in [0.15, 0.2) is 42.5 Å². The van der Waals surface area contributed by atoms with Crippen molar-refractivity contribution < 1.29 is 13.9 Å². The van der Waals surface area contributed by atoms with Gasteiger partial charge < -0.3 is 4.74 Å². The summed E-state index contributed by atoms with van der Waals surface area (Å²) in [6.07, 6.45) is 0.985. The van der Waals surface area contributed by atoms with Crippen LogP contribution in [0.1, 0.15) is 35.3 Å². The summed E-state index contributed by atoms with van der Waals surface area (Å²) in [5.41, 5.74) is 2.22. The van der Waals surface area contributed by atoms with Gasteiger partial charge in [-0.2, -0.15) is 0 Å². The first-order chi connectivity index (χ1) is 10.0. The Hall–Kier alpha value is -2.16. The molecule has 0 saturated heterocycles. The maximum atomic E-state index is 13.4. The smallest absolute Gasteiger partial charge is 0.193 e. The number of methoxy groups -OCH3 is 1. The lowest BCUT2D eigenvalue weighted by molar-refractivity contribution is 0.103. The second-order valence-corrected chi connectivity index (χ2v) is 5.47. The highest BCUT2D eigenvalue weighted by atomic mass is 19.1. The van der Waals surface area contributed by atoms with Gasteiger partial charge in [0.05, 0.1) is 7.11 Å². The van der Waals surface area contributed by atoms with Crippen LogP contribution >= 0.6 is 0 Å². The highest BCUT2D eigenvalue weighted by Crippen LogP contribution is 2.21. The Bertz CT molecular complexity index is 630. The van der Waals surface area contributed by atoms with Gasteiger partial charge in [-0.1, -0.05) is 38.1 Å². The average molecular weight is 286 g/mol. The first-order valence-electron chi connectivity index (χ1n) is 6.98. The number of halogens is 1. The molecule has 0 N–H and O–H groups in total. The number of hydrogen-bond acceptors (Lipinski definition) is 2. The van der Waals surface area contributed by atoms with Crippen LogP contribution in [0.4, 0.5) is 4.39 Å². The average Bonchev–Trinajstić information content (AvgIpc) is 2.47. The topological polar surface area (TPSA) is 26.3 Å². The summed E-state index contributed by atoms with van der Waals surface area (Å²) in [6, 6.07) is 11.7. The zero-order valence-corrected chi connectivity index (χ0v) is 12.5. The zero-order chi connectivity index (χ0) is 15.4. The molecule has 0 aliphatic heterocycles. The van der Waals surface area contributed by atoms with Gasteiger partial charge in [0.2, 0.25) is 0 Å². The summed E-state index contributed by atoms with van der Waals surface area (Å²) in [5, 5.41) is 0. The van der Waals surface area contributed by atoms with Crippen molar-refractivity contribution in [2.24, 2.45) is 5.92 Å². The van der Waals surface area contributed by atoms with Gasteiger partial charge in [0.25, 0.3) is 0 Å². The normalized spacial score (nSPS) is 10.7. The molecule has 0 bridgehead atoms. The molecule has 0 radical (unpaired) electrons. The van der Waals surface area contributed by atoms with Gasteiger partial charge in [0.15, 0.2) is 17.3 Å². The van der Waals surface area contributed by atoms with Crippen LogP contribution in [-0.4, -0.2) is 12.9 Å². The highest BCUT2D eigenvalue weighted by molar-refractivity contribution is 6.09. The maximum Gasteiger partial charge on any atom is 0.193 e. The molecule has 0 saturated carbocycles. The molecule has 0 aromatic heterocycles. The standard InChI is InChI=1S/C18H19FO2/c1-12(2)10-13-4-6-14(7-5-13)18(20)15-8-9-16(19)17(11-15)21-3/h4-9,11-12H,10H2,1-3H3. The molecule has 0 unspecified atom stereocenters. The first kappa shape index (κ1) is 15.2. The van der Waals surface area contributed by atoms with E-state index < -0.39 is 5.82 Å². The quantitative estimate of drug-likeness (QED) is 0.767. The molecule has 0 atom stereocenters. The van der Waals surface area contributed by atoms with Crippen molar-refractivity contribution in [3.8, 4) is 5.75 Å². The summed E-state index contributed by atoms with van der Waals surface area (Å²) in [6.45, 7) is 4.31. The fraction of sp³-hybridized carbons (Fsp3) is 0.278. The number of ether oxygens (including phenoxy) is 1. The summed E-state index contributed by atoms with van der Waals surface area (Å²) < 4.78 is 18.3. The summed E-state index contributed by atoms with van der Waals surface area (Å²) in [7, 11) is 1.38. The van der Waals surface area contributed by atoms with Crippen LogP contribution < -0.4 is 4.74 Å². The number of benzene rings is 2. The maximum absolute atomic E-state index is 13.4. The predicted molar refractivity (Wildman–Crippen MR) is 81.4 cm³/mol. The number of ketones is 1. The van der Waals surface area contributed by atoms with E-state index in [1.807, 2.05) is 24.3 Å². The Labute approximate surface area is 124 Å². The van der Waals surface area contributed by atoms with Crippen molar-refractivity contribution in [2.45, 2.75) is 20.3 Å². The Morgan fingerprint density at radius 3 is 2.29 bits per heavy atom. The molecule has 0 heterocycles. The van der Waals surface area contributed by atoms with Crippen LogP contribution in [0, 0.1) is 11.7 Å². The van der Waals surface area contributed by atoms with E-state index in [-0.39, 0.29) is 11.5 Å². The first-order valence-corrected chi connectivity index (χ1v) is 6.98. The molecule has 2 aromatic rings. The van der Waals surface area contributed by atoms with Crippen molar-refractivity contribution in [3.63, 3.8) is 0 Å². The molecular weight excluding hydrogens is 267 g/mol. The molecule has 110 valence electrons. The molecule has 21 heavy (non-hydrogen) atoms. The van der Waals surface area contributed by atoms with E-state index in [0.29, 0.717) is 17.0 Å². The van der Waals surface area contributed by atoms with E-state index >= 15 is 0 Å². The molecular formula is C18H19FO2. The van der Waals surface area contributed by atoms with Gasteiger partial charge in [0, 0.05) is 11.1 Å². The fourth-order valence-corrected chi connectivity index (χ4v) is 2.23. The zero-order valence-electron chi connectivity index (χ0n) is 12.5. The van der Waals surface area contributed by atoms with Crippen molar-refractivity contribution >= 4 is 5.78 Å². The van der Waals surface area contributed by atoms with Gasteiger partial charge in [-0.25, -0.2) is 4.39 Å². The number of rotatable bonds is 5. The Balaban J connectivity index is 2.23. The lowest BCUT2D eigenvalue weighted by Crippen LogP contribution is -2.03. The molecule has 0 amide bonds.